The molecule has 0 atom stereocenters. The molecule has 15 heavy (non-hydrogen) atoms. The summed E-state index contributed by atoms with van der Waals surface area (Å²) in [4.78, 5) is 26.4. The van der Waals surface area contributed by atoms with Crippen molar-refractivity contribution in [1.82, 2.24) is 4.98 Å². The highest BCUT2D eigenvalue weighted by atomic mass is 16.1. The molecule has 1 aromatic rings. The molecule has 1 aliphatic rings. The lowest BCUT2D eigenvalue weighted by Gasteiger charge is -2.05. The van der Waals surface area contributed by atoms with Crippen molar-refractivity contribution in [2.45, 2.75) is 6.42 Å². The van der Waals surface area contributed by atoms with E-state index >= 15 is 0 Å². The highest BCUT2D eigenvalue weighted by Gasteiger charge is 2.13. The van der Waals surface area contributed by atoms with Gasteiger partial charge < -0.3 is 0 Å². The smallest absolute Gasteiger partial charge is 0.182 e. The van der Waals surface area contributed by atoms with Crippen molar-refractivity contribution in [1.29, 1.82) is 0 Å². The van der Waals surface area contributed by atoms with Gasteiger partial charge in [0.1, 0.15) is 0 Å². The van der Waals surface area contributed by atoms with E-state index in [0.29, 0.717) is 12.0 Å². The van der Waals surface area contributed by atoms with Crippen LogP contribution < -0.4 is 0 Å². The summed E-state index contributed by atoms with van der Waals surface area (Å²) < 4.78 is 0. The number of pyridine rings is 1. The zero-order valence-corrected chi connectivity index (χ0v) is 8.01. The standard InChI is InChI=1S/C12H9NO2/c14-11-3-4-12(15)10(7-11)6-9-2-1-5-13-8-9/h1-5,7-8H,6H2. The summed E-state index contributed by atoms with van der Waals surface area (Å²) in [6.45, 7) is 0. The van der Waals surface area contributed by atoms with Gasteiger partial charge in [-0.15, -0.1) is 0 Å². The van der Waals surface area contributed by atoms with E-state index < -0.39 is 0 Å². The maximum Gasteiger partial charge on any atom is 0.182 e. The molecule has 0 fully saturated rings. The van der Waals surface area contributed by atoms with E-state index in [2.05, 4.69) is 4.98 Å². The first kappa shape index (κ1) is 9.52. The zero-order chi connectivity index (χ0) is 10.7. The van der Waals surface area contributed by atoms with Crippen LogP contribution in [0.5, 0.6) is 0 Å². The average Bonchev–Trinajstić information content (AvgIpc) is 2.25. The van der Waals surface area contributed by atoms with E-state index in [1.54, 1.807) is 18.5 Å². The van der Waals surface area contributed by atoms with E-state index in [0.717, 1.165) is 5.56 Å². The third kappa shape index (κ3) is 2.26. The van der Waals surface area contributed by atoms with Gasteiger partial charge in [0, 0.05) is 24.4 Å². The van der Waals surface area contributed by atoms with Crippen LogP contribution >= 0.6 is 0 Å². The Hall–Kier alpha value is -2.03. The molecule has 1 aromatic heterocycles. The van der Waals surface area contributed by atoms with Crippen LogP contribution in [0.4, 0.5) is 0 Å². The summed E-state index contributed by atoms with van der Waals surface area (Å²) in [5.41, 5.74) is 1.45. The Labute approximate surface area is 87.1 Å². The second-order valence-corrected chi connectivity index (χ2v) is 3.31. The molecular weight excluding hydrogens is 190 g/mol. The van der Waals surface area contributed by atoms with Crippen molar-refractivity contribution in [3.05, 3.63) is 53.9 Å². The molecule has 0 N–H and O–H groups in total. The van der Waals surface area contributed by atoms with Gasteiger partial charge >= 0.3 is 0 Å². The average molecular weight is 199 g/mol. The summed E-state index contributed by atoms with van der Waals surface area (Å²) in [7, 11) is 0. The minimum atomic E-state index is -0.131. The first-order valence-electron chi connectivity index (χ1n) is 4.61. The molecule has 0 aliphatic heterocycles. The van der Waals surface area contributed by atoms with E-state index in [9.17, 15) is 9.59 Å². The lowest BCUT2D eigenvalue weighted by atomic mass is 9.98. The molecule has 74 valence electrons. The summed E-state index contributed by atoms with van der Waals surface area (Å²) in [6, 6.07) is 3.69. The molecule has 0 bridgehead atoms. The molecule has 1 heterocycles. The Morgan fingerprint density at radius 3 is 2.80 bits per heavy atom. The largest absolute Gasteiger partial charge is 0.290 e. The number of aromatic nitrogens is 1. The van der Waals surface area contributed by atoms with Gasteiger partial charge in [0.15, 0.2) is 11.6 Å². The Kier molecular flexibility index (Phi) is 2.54. The Morgan fingerprint density at radius 2 is 2.07 bits per heavy atom. The fraction of sp³-hybridized carbons (Fsp3) is 0.0833. The number of rotatable bonds is 2. The predicted octanol–water partition coefficient (Wildman–Crippen LogP) is 1.26. The van der Waals surface area contributed by atoms with Gasteiger partial charge in [-0.05, 0) is 29.9 Å². The van der Waals surface area contributed by atoms with E-state index in [4.69, 9.17) is 0 Å². The lowest BCUT2D eigenvalue weighted by molar-refractivity contribution is -0.114. The fourth-order valence-electron chi connectivity index (χ4n) is 1.42. The van der Waals surface area contributed by atoms with Crippen molar-refractivity contribution in [2.75, 3.05) is 0 Å². The maximum absolute atomic E-state index is 11.4. The van der Waals surface area contributed by atoms with Crippen LogP contribution in [0.15, 0.2) is 48.3 Å². The summed E-state index contributed by atoms with van der Waals surface area (Å²) in [6.07, 6.45) is 7.81. The van der Waals surface area contributed by atoms with Crippen LogP contribution in [0.3, 0.4) is 0 Å². The highest BCUT2D eigenvalue weighted by Crippen LogP contribution is 2.11. The molecule has 0 saturated heterocycles. The molecule has 0 saturated carbocycles. The number of allylic oxidation sites excluding steroid dienone is 4. The van der Waals surface area contributed by atoms with Crippen LogP contribution in [0.1, 0.15) is 5.56 Å². The molecule has 0 spiro atoms. The molecule has 1 aliphatic carbocycles. The van der Waals surface area contributed by atoms with Gasteiger partial charge in [0.05, 0.1) is 0 Å². The normalized spacial score (nSPS) is 15.3. The Morgan fingerprint density at radius 1 is 1.20 bits per heavy atom. The third-order valence-electron chi connectivity index (χ3n) is 2.15. The molecule has 0 amide bonds. The molecule has 0 radical (unpaired) electrons. The minimum Gasteiger partial charge on any atom is -0.290 e. The molecule has 2 rings (SSSR count). The fourth-order valence-corrected chi connectivity index (χ4v) is 1.42. The number of carbonyl (C=O) groups excluding carboxylic acids is 2. The summed E-state index contributed by atoms with van der Waals surface area (Å²) in [5, 5.41) is 0. The van der Waals surface area contributed by atoms with E-state index in [1.165, 1.54) is 18.2 Å². The molecule has 3 heteroatoms. The highest BCUT2D eigenvalue weighted by molar-refractivity contribution is 6.17. The topological polar surface area (TPSA) is 47.0 Å². The summed E-state index contributed by atoms with van der Waals surface area (Å²) >= 11 is 0. The van der Waals surface area contributed by atoms with Crippen LogP contribution in [0.2, 0.25) is 0 Å². The van der Waals surface area contributed by atoms with Crippen molar-refractivity contribution >= 4 is 11.6 Å². The number of nitrogens with zero attached hydrogens (tertiary/aromatic N) is 1. The van der Waals surface area contributed by atoms with Gasteiger partial charge in [-0.3, -0.25) is 14.6 Å². The molecular formula is C12H9NO2. The van der Waals surface area contributed by atoms with E-state index in [-0.39, 0.29) is 11.6 Å². The number of ketones is 2. The monoisotopic (exact) mass is 199 g/mol. The second-order valence-electron chi connectivity index (χ2n) is 3.31. The number of hydrogen-bond donors (Lipinski definition) is 0. The number of hydrogen-bond acceptors (Lipinski definition) is 3. The molecule has 3 nitrogen and oxygen atoms in total. The molecule has 0 unspecified atom stereocenters. The van der Waals surface area contributed by atoms with Gasteiger partial charge in [0.25, 0.3) is 0 Å². The first-order chi connectivity index (χ1) is 7.25. The minimum absolute atomic E-state index is 0.0987. The van der Waals surface area contributed by atoms with Gasteiger partial charge in [-0.25, -0.2) is 0 Å². The SMILES string of the molecule is O=C1C=CC(=O)C(Cc2cccnc2)=C1. The van der Waals surface area contributed by atoms with Gasteiger partial charge in [0.2, 0.25) is 0 Å². The van der Waals surface area contributed by atoms with Gasteiger partial charge in [-0.1, -0.05) is 6.07 Å². The lowest BCUT2D eigenvalue weighted by Crippen LogP contribution is -2.09. The van der Waals surface area contributed by atoms with Crippen molar-refractivity contribution < 1.29 is 9.59 Å². The van der Waals surface area contributed by atoms with Crippen molar-refractivity contribution in [3.8, 4) is 0 Å². The Balaban J connectivity index is 2.19. The van der Waals surface area contributed by atoms with Crippen LogP contribution in [0, 0.1) is 0 Å². The van der Waals surface area contributed by atoms with Crippen LogP contribution in [-0.4, -0.2) is 16.6 Å². The third-order valence-corrected chi connectivity index (χ3v) is 2.15. The quantitative estimate of drug-likeness (QED) is 0.673. The predicted molar refractivity (Wildman–Crippen MR) is 55.2 cm³/mol. The first-order valence-corrected chi connectivity index (χ1v) is 4.61. The number of carbonyl (C=O) groups is 2. The van der Waals surface area contributed by atoms with E-state index in [1.807, 2.05) is 6.07 Å². The summed E-state index contributed by atoms with van der Waals surface area (Å²) in [5.74, 6) is -0.230. The Bertz CT molecular complexity index is 458. The zero-order valence-electron chi connectivity index (χ0n) is 8.01. The maximum atomic E-state index is 11.4. The molecule has 0 aromatic carbocycles. The van der Waals surface area contributed by atoms with Crippen molar-refractivity contribution in [2.24, 2.45) is 0 Å². The second kappa shape index (κ2) is 4.00. The van der Waals surface area contributed by atoms with Crippen LogP contribution in [-0.2, 0) is 16.0 Å². The van der Waals surface area contributed by atoms with Crippen molar-refractivity contribution in [3.63, 3.8) is 0 Å². The van der Waals surface area contributed by atoms with Gasteiger partial charge in [-0.2, -0.15) is 0 Å². The van der Waals surface area contributed by atoms with Crippen LogP contribution in [0.25, 0.3) is 0 Å².